The van der Waals surface area contributed by atoms with Crippen molar-refractivity contribution in [2.75, 3.05) is 5.32 Å². The van der Waals surface area contributed by atoms with Gasteiger partial charge in [0, 0.05) is 36.4 Å². The van der Waals surface area contributed by atoms with Crippen LogP contribution in [-0.2, 0) is 4.79 Å². The number of hydrogen-bond donors (Lipinski definition) is 1. The number of benzene rings is 1. The van der Waals surface area contributed by atoms with Gasteiger partial charge in [0.1, 0.15) is 0 Å². The lowest BCUT2D eigenvalue weighted by Gasteiger charge is -2.09. The predicted molar refractivity (Wildman–Crippen MR) is 77.8 cm³/mol. The Morgan fingerprint density at radius 2 is 1.91 bits per heavy atom. The molecule has 1 unspecified atom stereocenters. The lowest BCUT2D eigenvalue weighted by Crippen LogP contribution is -3.00. The second-order valence-electron chi connectivity index (χ2n) is 4.75. The van der Waals surface area contributed by atoms with E-state index in [4.69, 9.17) is 0 Å². The summed E-state index contributed by atoms with van der Waals surface area (Å²) in [5.41, 5.74) is 0.969. The monoisotopic (exact) mass is 365 g/mol. The van der Waals surface area contributed by atoms with Crippen molar-refractivity contribution in [3.8, 4) is 0 Å². The zero-order valence-electron chi connectivity index (χ0n) is 12.2. The summed E-state index contributed by atoms with van der Waals surface area (Å²) in [4.78, 5) is 22.6. The number of aryl methyl sites for hydroxylation is 1. The first kappa shape index (κ1) is 17.8. The van der Waals surface area contributed by atoms with Gasteiger partial charge in [-0.2, -0.15) is 4.57 Å². The van der Waals surface area contributed by atoms with Gasteiger partial charge in [0.15, 0.2) is 12.4 Å². The summed E-state index contributed by atoms with van der Waals surface area (Å²) in [5, 5.41) is 13.6. The molecule has 0 aliphatic heterocycles. The van der Waals surface area contributed by atoms with E-state index in [-0.39, 0.29) is 28.6 Å². The number of pyridine rings is 1. The van der Waals surface area contributed by atoms with Crippen molar-refractivity contribution in [3.05, 3.63) is 64.5 Å². The number of carbonyl (C=O) groups is 1. The molecule has 7 heteroatoms. The summed E-state index contributed by atoms with van der Waals surface area (Å²) in [5.74, 6) is -0.232. The van der Waals surface area contributed by atoms with Crippen LogP contribution in [0.25, 0.3) is 0 Å². The Labute approximate surface area is 138 Å². The third kappa shape index (κ3) is 4.11. The molecule has 0 bridgehead atoms. The molecule has 116 valence electrons. The molecule has 2 rings (SSSR count). The van der Waals surface area contributed by atoms with Crippen LogP contribution in [0.5, 0.6) is 0 Å². The number of nitrogens with zero attached hydrogens (tertiary/aromatic N) is 2. The van der Waals surface area contributed by atoms with Crippen LogP contribution in [0, 0.1) is 17.0 Å². The molecular formula is C15H16BrN3O3. The number of nitro groups is 1. The average Bonchev–Trinajstić information content (AvgIpc) is 2.49. The SMILES string of the molecule is Cc1ccc(NC(=O)C(C)[n+]2ccccc2)cc1[N+](=O)[O-].[Br-]. The van der Waals surface area contributed by atoms with Crippen molar-refractivity contribution in [1.29, 1.82) is 0 Å². The zero-order valence-corrected chi connectivity index (χ0v) is 13.8. The van der Waals surface area contributed by atoms with E-state index in [2.05, 4.69) is 5.32 Å². The molecule has 0 saturated heterocycles. The quantitative estimate of drug-likeness (QED) is 0.446. The van der Waals surface area contributed by atoms with E-state index in [0.717, 1.165) is 0 Å². The first-order chi connectivity index (χ1) is 9.99. The normalized spacial score (nSPS) is 11.2. The third-order valence-electron chi connectivity index (χ3n) is 3.24. The maximum Gasteiger partial charge on any atom is 0.293 e. The summed E-state index contributed by atoms with van der Waals surface area (Å²) in [6.45, 7) is 3.42. The largest absolute Gasteiger partial charge is 1.00 e. The van der Waals surface area contributed by atoms with Crippen LogP contribution in [0.3, 0.4) is 0 Å². The highest BCUT2D eigenvalue weighted by atomic mass is 79.9. The zero-order chi connectivity index (χ0) is 15.4. The van der Waals surface area contributed by atoms with E-state index in [0.29, 0.717) is 11.3 Å². The molecule has 0 aliphatic carbocycles. The van der Waals surface area contributed by atoms with Gasteiger partial charge in [0.05, 0.1) is 4.92 Å². The van der Waals surface area contributed by atoms with Crippen molar-refractivity contribution < 1.29 is 31.3 Å². The van der Waals surface area contributed by atoms with Gasteiger partial charge >= 0.3 is 0 Å². The Kier molecular flexibility index (Phi) is 6.18. The third-order valence-corrected chi connectivity index (χ3v) is 3.24. The summed E-state index contributed by atoms with van der Waals surface area (Å²) >= 11 is 0. The maximum atomic E-state index is 12.2. The van der Waals surface area contributed by atoms with Crippen LogP contribution in [0.4, 0.5) is 11.4 Å². The van der Waals surface area contributed by atoms with Crippen molar-refractivity contribution in [3.63, 3.8) is 0 Å². The molecule has 0 saturated carbocycles. The number of amides is 1. The van der Waals surface area contributed by atoms with E-state index in [9.17, 15) is 14.9 Å². The van der Waals surface area contributed by atoms with Crippen LogP contribution >= 0.6 is 0 Å². The van der Waals surface area contributed by atoms with Crippen molar-refractivity contribution in [2.24, 2.45) is 0 Å². The Bertz CT molecular complexity index is 677. The number of nitro benzene ring substituents is 1. The molecule has 6 nitrogen and oxygen atoms in total. The number of anilines is 1. The average molecular weight is 366 g/mol. The molecule has 0 fully saturated rings. The van der Waals surface area contributed by atoms with Gasteiger partial charge in [0.2, 0.25) is 6.04 Å². The predicted octanol–water partition coefficient (Wildman–Crippen LogP) is -0.606. The van der Waals surface area contributed by atoms with Crippen molar-refractivity contribution >= 4 is 17.3 Å². The Morgan fingerprint density at radius 3 is 2.50 bits per heavy atom. The van der Waals surface area contributed by atoms with E-state index >= 15 is 0 Å². The lowest BCUT2D eigenvalue weighted by atomic mass is 10.2. The smallest absolute Gasteiger partial charge is 0.293 e. The Balaban J connectivity index is 0.00000242. The summed E-state index contributed by atoms with van der Waals surface area (Å²) < 4.78 is 1.76. The van der Waals surface area contributed by atoms with Crippen molar-refractivity contribution in [1.82, 2.24) is 0 Å². The number of aromatic nitrogens is 1. The molecule has 22 heavy (non-hydrogen) atoms. The molecule has 1 aromatic heterocycles. The van der Waals surface area contributed by atoms with Crippen LogP contribution in [0.1, 0.15) is 18.5 Å². The van der Waals surface area contributed by atoms with Crippen LogP contribution in [0.15, 0.2) is 48.8 Å². The fraction of sp³-hybridized carbons (Fsp3) is 0.200. The topological polar surface area (TPSA) is 76.1 Å². The van der Waals surface area contributed by atoms with Crippen LogP contribution < -0.4 is 26.9 Å². The van der Waals surface area contributed by atoms with Crippen LogP contribution in [-0.4, -0.2) is 10.8 Å². The number of nitrogens with one attached hydrogen (secondary N) is 1. The second kappa shape index (κ2) is 7.65. The summed E-state index contributed by atoms with van der Waals surface area (Å²) in [6.07, 6.45) is 3.59. The molecule has 1 heterocycles. The number of hydrogen-bond acceptors (Lipinski definition) is 3. The number of carbonyl (C=O) groups excluding carboxylic acids is 1. The number of halogens is 1. The van der Waals surface area contributed by atoms with Gasteiger partial charge in [-0.1, -0.05) is 12.1 Å². The van der Waals surface area contributed by atoms with Crippen LogP contribution in [0.2, 0.25) is 0 Å². The van der Waals surface area contributed by atoms with E-state index in [1.54, 1.807) is 42.9 Å². The molecule has 0 radical (unpaired) electrons. The van der Waals surface area contributed by atoms with Crippen molar-refractivity contribution in [2.45, 2.75) is 19.9 Å². The summed E-state index contributed by atoms with van der Waals surface area (Å²) in [7, 11) is 0. The maximum absolute atomic E-state index is 12.2. The highest BCUT2D eigenvalue weighted by Gasteiger charge is 2.22. The van der Waals surface area contributed by atoms with Gasteiger partial charge in [-0.25, -0.2) is 0 Å². The van der Waals surface area contributed by atoms with Gasteiger partial charge in [-0.3, -0.25) is 14.9 Å². The highest BCUT2D eigenvalue weighted by Crippen LogP contribution is 2.22. The standard InChI is InChI=1S/C15H15N3O3.BrH/c1-11-6-7-13(10-14(11)18(20)21)16-15(19)12(2)17-8-4-3-5-9-17;/h3-10,12H,1-2H3;1H. The molecule has 0 spiro atoms. The van der Waals surface area contributed by atoms with Gasteiger partial charge < -0.3 is 22.3 Å². The van der Waals surface area contributed by atoms with E-state index < -0.39 is 11.0 Å². The molecule has 2 aromatic rings. The highest BCUT2D eigenvalue weighted by molar-refractivity contribution is 5.92. The van der Waals surface area contributed by atoms with Gasteiger partial charge in [-0.05, 0) is 13.0 Å². The molecule has 0 aliphatic rings. The van der Waals surface area contributed by atoms with E-state index in [1.807, 2.05) is 18.2 Å². The minimum Gasteiger partial charge on any atom is -1.00 e. The summed E-state index contributed by atoms with van der Waals surface area (Å²) in [6, 6.07) is 9.77. The fourth-order valence-corrected chi connectivity index (χ4v) is 1.94. The minimum atomic E-state index is -0.458. The molecule has 1 atom stereocenters. The Morgan fingerprint density at radius 1 is 1.27 bits per heavy atom. The first-order valence-electron chi connectivity index (χ1n) is 6.50. The van der Waals surface area contributed by atoms with E-state index in [1.165, 1.54) is 6.07 Å². The Hall–Kier alpha value is -2.28. The lowest BCUT2D eigenvalue weighted by molar-refractivity contribution is -0.705. The van der Waals surface area contributed by atoms with Gasteiger partial charge in [0.25, 0.3) is 11.6 Å². The molecule has 1 aromatic carbocycles. The minimum absolute atomic E-state index is 0. The first-order valence-corrected chi connectivity index (χ1v) is 6.50. The number of rotatable bonds is 4. The second-order valence-corrected chi connectivity index (χ2v) is 4.75. The molecule has 1 amide bonds. The molecule has 1 N–H and O–H groups in total. The molecular weight excluding hydrogens is 350 g/mol. The fourth-order valence-electron chi connectivity index (χ4n) is 1.94. The van der Waals surface area contributed by atoms with Gasteiger partial charge in [-0.15, -0.1) is 0 Å².